The topological polar surface area (TPSA) is 268 Å². The number of amides is 11. The predicted molar refractivity (Wildman–Crippen MR) is 354 cm³/mol. The highest BCUT2D eigenvalue weighted by molar-refractivity contribution is 6.00. The fourth-order valence-corrected chi connectivity index (χ4v) is 16.2. The number of nitrogens with one attached hydrogen (secondary N) is 4. The third kappa shape index (κ3) is 20.0. The first kappa shape index (κ1) is 81.6. The molecule has 2 unspecified atom stereocenters. The summed E-state index contributed by atoms with van der Waals surface area (Å²) in [5.74, 6) is -15.2. The van der Waals surface area contributed by atoms with Crippen LogP contribution in [0.1, 0.15) is 176 Å². The summed E-state index contributed by atoms with van der Waals surface area (Å²) in [4.78, 5) is 171. The molecular weight excluding hydrogens is 1340 g/mol. The van der Waals surface area contributed by atoms with Crippen LogP contribution in [0.3, 0.4) is 0 Å². The molecule has 3 aliphatic heterocycles. The molecule has 7 rings (SSSR count). The minimum absolute atomic E-state index is 0.00907. The molecule has 4 aliphatic carbocycles. The number of halogens is 8. The van der Waals surface area contributed by atoms with Crippen molar-refractivity contribution in [3.05, 3.63) is 12.2 Å². The van der Waals surface area contributed by atoms with Gasteiger partial charge < -0.3 is 60.3 Å². The van der Waals surface area contributed by atoms with E-state index in [0.29, 0.717) is 25.7 Å². The van der Waals surface area contributed by atoms with Crippen molar-refractivity contribution in [2.75, 3.05) is 68.0 Å². The van der Waals surface area contributed by atoms with Crippen molar-refractivity contribution in [3.63, 3.8) is 0 Å². The Kier molecular flexibility index (Phi) is 28.4. The lowest BCUT2D eigenvalue weighted by Crippen LogP contribution is -2.68. The Morgan fingerprint density at radius 3 is 1.83 bits per heavy atom. The van der Waals surface area contributed by atoms with E-state index in [1.54, 1.807) is 46.8 Å². The molecule has 0 aromatic heterocycles. The molecule has 2 bridgehead atoms. The number of hydrogen-bond acceptors (Lipinski definition) is 12. The van der Waals surface area contributed by atoms with Crippen molar-refractivity contribution in [1.29, 1.82) is 0 Å². The Morgan fingerprint density at radius 2 is 1.26 bits per heavy atom. The monoisotopic (exact) mass is 1450 g/mol. The molecule has 570 valence electrons. The van der Waals surface area contributed by atoms with E-state index in [1.807, 2.05) is 0 Å². The number of fused-ring (bicyclic) bond motifs is 3. The number of ether oxygens (including phenoxy) is 1. The van der Waals surface area contributed by atoms with Crippen LogP contribution >= 0.6 is 0 Å². The highest BCUT2D eigenvalue weighted by Crippen LogP contribution is 2.46. The van der Waals surface area contributed by atoms with Gasteiger partial charge in [-0.2, -0.15) is 26.3 Å². The molecule has 0 aromatic carbocycles. The van der Waals surface area contributed by atoms with Crippen molar-refractivity contribution < 1.29 is 92.6 Å². The van der Waals surface area contributed by atoms with E-state index in [2.05, 4.69) is 21.3 Å². The standard InChI is InChI=1S/C70H107F8N11O12/c1-11-40(4)58-66(99)84(7)39-56(92)86(9)51-22-15-14-18-31-88(65(51)98)53(35-42-23-26-45(27-24-42)69(73,74)75)64(97)83(6)38-54(90)80-49(28-25-43-33-47(71)57(48(72)34-43)70(76,77)78)63(96)89-37-46(101-13-3)36-52(89)61(94)82-68(29-19-30-68)67(100)87(10)59(44-20-16-17-21-44)62(95)79-41(5)32-55(91)85(8)50(12-2)60(93)81-58/h14-15,40-53,57-59H,11-13,16-39H2,1-10H3,(H,79,95)(H,80,90)(H,81,93)(H,82,94)/b15-14-/t40-,41+,42?,43?,45?,46+,47?,48?,49-,50-,51-,52-,53-,57?,58-,59-/m0/s1. The zero-order valence-electron chi connectivity index (χ0n) is 60.1. The predicted octanol–water partition coefficient (Wildman–Crippen LogP) is 6.30. The molecule has 4 N–H and O–H groups in total. The van der Waals surface area contributed by atoms with E-state index >= 15 is 32.8 Å². The number of carbonyl (C=O) groups is 11. The highest BCUT2D eigenvalue weighted by atomic mass is 19.4. The first-order valence-corrected chi connectivity index (χ1v) is 36.3. The summed E-state index contributed by atoms with van der Waals surface area (Å²) in [6.07, 6.45) is -11.9. The van der Waals surface area contributed by atoms with Gasteiger partial charge in [0.1, 0.15) is 66.1 Å². The van der Waals surface area contributed by atoms with Crippen LogP contribution in [0.5, 0.6) is 0 Å². The molecule has 101 heavy (non-hydrogen) atoms. The maximum absolute atomic E-state index is 15.4. The summed E-state index contributed by atoms with van der Waals surface area (Å²) >= 11 is 0. The average molecular weight is 1450 g/mol. The molecule has 0 aromatic rings. The minimum Gasteiger partial charge on any atom is -0.377 e. The number of nitrogens with zero attached hydrogens (tertiary/aromatic N) is 7. The molecule has 1 spiro atoms. The van der Waals surface area contributed by atoms with E-state index in [0.717, 1.165) is 32.4 Å². The van der Waals surface area contributed by atoms with E-state index in [9.17, 15) is 55.1 Å². The lowest BCUT2D eigenvalue weighted by atomic mass is 9.74. The molecule has 0 radical (unpaired) electrons. The molecular formula is C70H107F8N11O12. The second kappa shape index (κ2) is 35.2. The molecule has 23 nitrogen and oxygen atoms in total. The summed E-state index contributed by atoms with van der Waals surface area (Å²) in [6.45, 7) is 6.70. The normalized spacial score (nSPS) is 33.3. The molecule has 4 saturated carbocycles. The van der Waals surface area contributed by atoms with Gasteiger partial charge in [-0.25, -0.2) is 8.78 Å². The van der Waals surface area contributed by atoms with Crippen molar-refractivity contribution in [1.82, 2.24) is 55.6 Å². The van der Waals surface area contributed by atoms with Gasteiger partial charge in [-0.3, -0.25) is 52.7 Å². The molecule has 11 amide bonds. The van der Waals surface area contributed by atoms with Crippen molar-refractivity contribution >= 4 is 65.0 Å². The van der Waals surface area contributed by atoms with Crippen LogP contribution < -0.4 is 21.3 Å². The molecule has 3 heterocycles. The highest BCUT2D eigenvalue weighted by Gasteiger charge is 2.56. The number of carbonyl (C=O) groups excluding carboxylic acids is 11. The maximum Gasteiger partial charge on any atom is 0.397 e. The number of hydrogen-bond donors (Lipinski definition) is 4. The lowest BCUT2D eigenvalue weighted by Gasteiger charge is -2.46. The van der Waals surface area contributed by atoms with E-state index in [4.69, 9.17) is 4.74 Å². The third-order valence-electron chi connectivity index (χ3n) is 22.6. The fraction of sp³-hybridized carbons (Fsp3) is 0.814. The quantitative estimate of drug-likeness (QED) is 0.131. The van der Waals surface area contributed by atoms with Gasteiger partial charge in [-0.15, -0.1) is 0 Å². The summed E-state index contributed by atoms with van der Waals surface area (Å²) < 4.78 is 121. The van der Waals surface area contributed by atoms with Gasteiger partial charge in [0, 0.05) is 73.8 Å². The van der Waals surface area contributed by atoms with Gasteiger partial charge in [-0.05, 0) is 147 Å². The van der Waals surface area contributed by atoms with Crippen LogP contribution in [0.2, 0.25) is 0 Å². The first-order chi connectivity index (χ1) is 47.5. The van der Waals surface area contributed by atoms with Crippen LogP contribution in [0, 0.1) is 35.5 Å². The Morgan fingerprint density at radius 1 is 0.624 bits per heavy atom. The Balaban J connectivity index is 1.27. The Hall–Kier alpha value is -6.69. The Bertz CT molecular complexity index is 2970. The Labute approximate surface area is 587 Å². The van der Waals surface area contributed by atoms with Crippen LogP contribution in [-0.2, 0) is 57.5 Å². The van der Waals surface area contributed by atoms with E-state index in [1.165, 1.54) is 49.9 Å². The SMILES string of the molecule is CCO[C@@H]1C[C@H]2C(=O)NC3(CCC3)C(=O)N(C)[C@@H](C3CCCC3)C(=O)N[C@H](C)CC(=O)N(C)[C@@H](CC)C(=O)N[C@@H]([C@@H](C)CC)C(=O)N(C)CC(=O)N(C)[C@H]3C/C=C\CCN(C3=O)[C@@H](CC3CCC(C(F)(F)F)CC3)C(=O)N(C)CC(=O)N[C@@H](CCC3CC(F)C(C(F)(F)F)C(F)C3)C(=O)N2C1. The van der Waals surface area contributed by atoms with Gasteiger partial charge in [0.05, 0.1) is 25.1 Å². The average Bonchev–Trinajstić information content (AvgIpc) is 1.76. The van der Waals surface area contributed by atoms with Gasteiger partial charge in [0.15, 0.2) is 0 Å². The summed E-state index contributed by atoms with van der Waals surface area (Å²) in [5, 5.41) is 11.3. The summed E-state index contributed by atoms with van der Waals surface area (Å²) in [7, 11) is 6.78. The van der Waals surface area contributed by atoms with Crippen molar-refractivity contribution in [2.24, 2.45) is 35.5 Å². The number of likely N-dealkylation sites (N-methyl/N-ethyl adjacent to an activating group) is 5. The molecule has 7 aliphatic rings. The van der Waals surface area contributed by atoms with Crippen molar-refractivity contribution in [3.8, 4) is 0 Å². The second-order valence-corrected chi connectivity index (χ2v) is 29.6. The van der Waals surface area contributed by atoms with Crippen LogP contribution in [0.25, 0.3) is 0 Å². The van der Waals surface area contributed by atoms with Crippen LogP contribution in [0.15, 0.2) is 12.2 Å². The maximum atomic E-state index is 15.4. The molecule has 2 saturated heterocycles. The van der Waals surface area contributed by atoms with Gasteiger partial charge in [0.25, 0.3) is 0 Å². The lowest BCUT2D eigenvalue weighted by molar-refractivity contribution is -0.219. The number of rotatable bonds is 11. The smallest absolute Gasteiger partial charge is 0.377 e. The fourth-order valence-electron chi connectivity index (χ4n) is 16.2. The van der Waals surface area contributed by atoms with Gasteiger partial charge >= 0.3 is 12.4 Å². The minimum atomic E-state index is -5.20. The largest absolute Gasteiger partial charge is 0.397 e. The molecule has 6 fully saturated rings. The van der Waals surface area contributed by atoms with Crippen LogP contribution in [0.4, 0.5) is 35.1 Å². The van der Waals surface area contributed by atoms with Gasteiger partial charge in [-0.1, -0.05) is 52.2 Å². The van der Waals surface area contributed by atoms with Crippen LogP contribution in [-0.4, -0.2) is 252 Å². The van der Waals surface area contributed by atoms with Gasteiger partial charge in [0.2, 0.25) is 65.0 Å². The number of alkyl halides is 8. The summed E-state index contributed by atoms with van der Waals surface area (Å²) in [5.41, 5.74) is -1.60. The molecule has 12 atom stereocenters. The zero-order chi connectivity index (χ0) is 74.7. The molecule has 31 heteroatoms. The zero-order valence-corrected chi connectivity index (χ0v) is 60.1. The first-order valence-electron chi connectivity index (χ1n) is 36.3. The van der Waals surface area contributed by atoms with E-state index in [-0.39, 0.29) is 109 Å². The third-order valence-corrected chi connectivity index (χ3v) is 22.6. The van der Waals surface area contributed by atoms with E-state index < -0.39 is 212 Å². The summed E-state index contributed by atoms with van der Waals surface area (Å²) in [6, 6.07) is -10.2. The second-order valence-electron chi connectivity index (χ2n) is 29.6. The van der Waals surface area contributed by atoms with Crippen molar-refractivity contribution in [2.45, 2.75) is 261 Å².